The highest BCUT2D eigenvalue weighted by Crippen LogP contribution is 2.43. The molecule has 0 fully saturated rings. The molecule has 2 unspecified atom stereocenters. The number of rotatable bonds is 37. The monoisotopic (exact) mass is 728 g/mol. The SMILES string of the molecule is CCCCCCC/C=C\C/C=C\C/C=C\CCCCCCCCC(=O)OC(COC(=O)CCCCCCCCCC)COP(=O)(O)OCCN. The summed E-state index contributed by atoms with van der Waals surface area (Å²) < 4.78 is 32.6. The number of unbranched alkanes of at least 4 members (excludes halogenated alkanes) is 18. The maximum absolute atomic E-state index is 12.5. The van der Waals surface area contributed by atoms with Gasteiger partial charge in [-0.3, -0.25) is 18.6 Å². The second kappa shape index (κ2) is 37.0. The van der Waals surface area contributed by atoms with Gasteiger partial charge in [-0.1, -0.05) is 147 Å². The van der Waals surface area contributed by atoms with Gasteiger partial charge >= 0.3 is 19.8 Å². The van der Waals surface area contributed by atoms with Gasteiger partial charge in [0.25, 0.3) is 0 Å². The van der Waals surface area contributed by atoms with Gasteiger partial charge in [0.1, 0.15) is 6.61 Å². The summed E-state index contributed by atoms with van der Waals surface area (Å²) in [5, 5.41) is 0. The van der Waals surface area contributed by atoms with Crippen LogP contribution < -0.4 is 5.73 Å². The Morgan fingerprint density at radius 2 is 1.04 bits per heavy atom. The molecule has 0 rings (SSSR count). The Bertz CT molecular complexity index is 923. The van der Waals surface area contributed by atoms with Crippen LogP contribution in [0, 0.1) is 0 Å². The van der Waals surface area contributed by atoms with E-state index < -0.39 is 32.5 Å². The van der Waals surface area contributed by atoms with Crippen LogP contribution >= 0.6 is 7.82 Å². The van der Waals surface area contributed by atoms with Crippen molar-refractivity contribution < 1.29 is 37.6 Å². The molecule has 10 heteroatoms. The van der Waals surface area contributed by atoms with Crippen molar-refractivity contribution >= 4 is 19.8 Å². The van der Waals surface area contributed by atoms with Gasteiger partial charge < -0.3 is 20.1 Å². The second-order valence-electron chi connectivity index (χ2n) is 13.2. The minimum Gasteiger partial charge on any atom is -0.462 e. The molecule has 0 radical (unpaired) electrons. The summed E-state index contributed by atoms with van der Waals surface area (Å²) in [6.45, 7) is 3.66. The van der Waals surface area contributed by atoms with Crippen molar-refractivity contribution in [2.45, 2.75) is 180 Å². The topological polar surface area (TPSA) is 134 Å². The lowest BCUT2D eigenvalue weighted by Crippen LogP contribution is -2.29. The van der Waals surface area contributed by atoms with Crippen LogP contribution in [0.25, 0.3) is 0 Å². The zero-order chi connectivity index (χ0) is 36.8. The van der Waals surface area contributed by atoms with Gasteiger partial charge in [-0.05, 0) is 51.4 Å². The number of ether oxygens (including phenoxy) is 2. The Balaban J connectivity index is 4.14. The lowest BCUT2D eigenvalue weighted by molar-refractivity contribution is -0.161. The summed E-state index contributed by atoms with van der Waals surface area (Å²) in [6.07, 6.45) is 39.0. The number of phosphoric ester groups is 1. The molecule has 0 aliphatic heterocycles. The highest BCUT2D eigenvalue weighted by Gasteiger charge is 2.25. The lowest BCUT2D eigenvalue weighted by Gasteiger charge is -2.19. The van der Waals surface area contributed by atoms with Gasteiger partial charge in [0, 0.05) is 19.4 Å². The molecule has 0 aromatic rings. The van der Waals surface area contributed by atoms with Crippen LogP contribution in [-0.4, -0.2) is 49.3 Å². The van der Waals surface area contributed by atoms with Crippen LogP contribution in [0.15, 0.2) is 36.5 Å². The van der Waals surface area contributed by atoms with E-state index in [0.29, 0.717) is 6.42 Å². The molecule has 0 amide bonds. The third-order valence-electron chi connectivity index (χ3n) is 8.28. The fourth-order valence-electron chi connectivity index (χ4n) is 5.29. The molecule has 0 spiro atoms. The smallest absolute Gasteiger partial charge is 0.462 e. The standard InChI is InChI=1S/C40H74NO8P/c1-3-5-7-9-11-13-14-15-16-17-18-19-20-21-22-23-24-25-27-29-31-33-40(43)49-38(37-48-50(44,45)47-35-34-41)36-46-39(42)32-30-28-26-12-10-8-6-4-2/h14-15,17-18,20-21,38H,3-13,16,19,22-37,41H2,1-2H3,(H,44,45)/b15-14-,18-17-,21-20-. The van der Waals surface area contributed by atoms with Gasteiger partial charge in [-0.2, -0.15) is 0 Å². The Labute approximate surface area is 305 Å². The number of carbonyl (C=O) groups is 2. The van der Waals surface area contributed by atoms with Crippen LogP contribution in [0.1, 0.15) is 174 Å². The van der Waals surface area contributed by atoms with E-state index in [1.54, 1.807) is 0 Å². The van der Waals surface area contributed by atoms with Gasteiger partial charge in [0.2, 0.25) is 0 Å². The predicted molar refractivity (Wildman–Crippen MR) is 206 cm³/mol. The molecule has 0 aromatic heterocycles. The number of esters is 2. The molecule has 50 heavy (non-hydrogen) atoms. The first-order valence-electron chi connectivity index (χ1n) is 20.0. The number of nitrogens with two attached hydrogens (primary N) is 1. The molecule has 0 aliphatic rings. The van der Waals surface area contributed by atoms with Gasteiger partial charge in [-0.25, -0.2) is 4.57 Å². The molecule has 0 aliphatic carbocycles. The Kier molecular flexibility index (Phi) is 35.7. The maximum atomic E-state index is 12.5. The third kappa shape index (κ3) is 36.0. The Morgan fingerprint density at radius 1 is 0.600 bits per heavy atom. The normalized spacial score (nSPS) is 13.8. The molecule has 0 saturated carbocycles. The zero-order valence-electron chi connectivity index (χ0n) is 31.9. The predicted octanol–water partition coefficient (Wildman–Crippen LogP) is 11.0. The number of carbonyl (C=O) groups excluding carboxylic acids is 2. The van der Waals surface area contributed by atoms with Crippen LogP contribution in [0.3, 0.4) is 0 Å². The molecule has 0 heterocycles. The summed E-state index contributed by atoms with van der Waals surface area (Å²) in [5.41, 5.74) is 5.33. The summed E-state index contributed by atoms with van der Waals surface area (Å²) >= 11 is 0. The van der Waals surface area contributed by atoms with Crippen molar-refractivity contribution in [2.24, 2.45) is 5.73 Å². The number of hydrogen-bond acceptors (Lipinski definition) is 8. The van der Waals surface area contributed by atoms with Crippen molar-refractivity contribution in [3.63, 3.8) is 0 Å². The zero-order valence-corrected chi connectivity index (χ0v) is 32.8. The minimum absolute atomic E-state index is 0.0510. The van der Waals surface area contributed by atoms with Crippen molar-refractivity contribution in [1.82, 2.24) is 0 Å². The first-order valence-corrected chi connectivity index (χ1v) is 21.5. The van der Waals surface area contributed by atoms with E-state index in [1.165, 1.54) is 70.6 Å². The highest BCUT2D eigenvalue weighted by atomic mass is 31.2. The van der Waals surface area contributed by atoms with E-state index in [1.807, 2.05) is 0 Å². The Hall–Kier alpha value is -1.77. The maximum Gasteiger partial charge on any atom is 0.472 e. The van der Waals surface area contributed by atoms with E-state index in [-0.39, 0.29) is 32.6 Å². The Morgan fingerprint density at radius 3 is 1.54 bits per heavy atom. The summed E-state index contributed by atoms with van der Waals surface area (Å²) in [5.74, 6) is -0.848. The van der Waals surface area contributed by atoms with E-state index >= 15 is 0 Å². The lowest BCUT2D eigenvalue weighted by atomic mass is 10.1. The summed E-state index contributed by atoms with van der Waals surface area (Å²) in [4.78, 5) is 34.6. The molecule has 3 N–H and O–H groups in total. The van der Waals surface area contributed by atoms with E-state index in [0.717, 1.165) is 70.6 Å². The molecular formula is C40H74NO8P. The van der Waals surface area contributed by atoms with Gasteiger partial charge in [0.15, 0.2) is 6.10 Å². The van der Waals surface area contributed by atoms with Crippen LogP contribution in [0.4, 0.5) is 0 Å². The van der Waals surface area contributed by atoms with Crippen molar-refractivity contribution in [2.75, 3.05) is 26.4 Å². The molecule has 0 saturated heterocycles. The minimum atomic E-state index is -4.37. The third-order valence-corrected chi connectivity index (χ3v) is 9.26. The van der Waals surface area contributed by atoms with Gasteiger partial charge in [-0.15, -0.1) is 0 Å². The van der Waals surface area contributed by atoms with E-state index in [4.69, 9.17) is 24.3 Å². The molecule has 0 bridgehead atoms. The number of hydrogen-bond donors (Lipinski definition) is 2. The number of allylic oxidation sites excluding steroid dienone is 6. The van der Waals surface area contributed by atoms with Crippen molar-refractivity contribution in [3.05, 3.63) is 36.5 Å². The molecular weight excluding hydrogens is 653 g/mol. The summed E-state index contributed by atoms with van der Waals surface area (Å²) in [6, 6.07) is 0. The largest absolute Gasteiger partial charge is 0.472 e. The van der Waals surface area contributed by atoms with E-state index in [9.17, 15) is 19.0 Å². The highest BCUT2D eigenvalue weighted by molar-refractivity contribution is 7.47. The number of phosphoric acid groups is 1. The van der Waals surface area contributed by atoms with Crippen LogP contribution in [-0.2, 0) is 32.7 Å². The van der Waals surface area contributed by atoms with E-state index in [2.05, 4.69) is 50.3 Å². The molecule has 292 valence electrons. The quantitative estimate of drug-likeness (QED) is 0.0277. The average Bonchev–Trinajstić information content (AvgIpc) is 3.10. The summed E-state index contributed by atoms with van der Waals surface area (Å²) in [7, 11) is -4.37. The van der Waals surface area contributed by atoms with Gasteiger partial charge in [0.05, 0.1) is 13.2 Å². The molecule has 9 nitrogen and oxygen atoms in total. The fraction of sp³-hybridized carbons (Fsp3) is 0.800. The van der Waals surface area contributed by atoms with Crippen molar-refractivity contribution in [1.29, 1.82) is 0 Å². The molecule has 0 aromatic carbocycles. The van der Waals surface area contributed by atoms with Crippen LogP contribution in [0.2, 0.25) is 0 Å². The molecule has 2 atom stereocenters. The first-order chi connectivity index (χ1) is 24.3. The van der Waals surface area contributed by atoms with Crippen LogP contribution in [0.5, 0.6) is 0 Å². The second-order valence-corrected chi connectivity index (χ2v) is 14.6. The van der Waals surface area contributed by atoms with Crippen molar-refractivity contribution in [3.8, 4) is 0 Å². The fourth-order valence-corrected chi connectivity index (χ4v) is 6.05. The average molecular weight is 728 g/mol. The first kappa shape index (κ1) is 48.2.